The van der Waals surface area contributed by atoms with E-state index in [1.165, 1.54) is 6.92 Å². The molecule has 90 valence electrons. The van der Waals surface area contributed by atoms with E-state index in [1.807, 2.05) is 0 Å². The number of nitrogen functional groups attached to an aromatic ring is 1. The van der Waals surface area contributed by atoms with Crippen LogP contribution in [0.5, 0.6) is 5.75 Å². The van der Waals surface area contributed by atoms with Crippen molar-refractivity contribution in [1.82, 2.24) is 0 Å². The first-order valence-electron chi connectivity index (χ1n) is 4.51. The first-order valence-corrected chi connectivity index (χ1v) is 4.51. The molecule has 0 spiro atoms. The van der Waals surface area contributed by atoms with Crippen molar-refractivity contribution in [1.29, 1.82) is 0 Å². The van der Waals surface area contributed by atoms with E-state index in [1.54, 1.807) is 0 Å². The molecule has 2 nitrogen and oxygen atoms in total. The zero-order valence-corrected chi connectivity index (χ0v) is 8.73. The van der Waals surface area contributed by atoms with E-state index in [4.69, 9.17) is 5.73 Å². The molecule has 1 aromatic rings. The standard InChI is InChI=1S/C10H11F4NO/c1-5-3-9(8(15)4-7(5)11)16-6(2)10(12,13)14/h3-4,6H,15H2,1-2H3. The van der Waals surface area contributed by atoms with Crippen molar-refractivity contribution in [3.63, 3.8) is 0 Å². The number of anilines is 1. The number of ether oxygens (including phenoxy) is 1. The normalized spacial score (nSPS) is 13.6. The van der Waals surface area contributed by atoms with Gasteiger partial charge in [-0.25, -0.2) is 4.39 Å². The Labute approximate surface area is 90.0 Å². The van der Waals surface area contributed by atoms with Crippen LogP contribution >= 0.6 is 0 Å². The summed E-state index contributed by atoms with van der Waals surface area (Å²) in [5.41, 5.74) is 5.38. The minimum atomic E-state index is -4.48. The van der Waals surface area contributed by atoms with Crippen LogP contribution in [0.15, 0.2) is 12.1 Å². The molecule has 6 heteroatoms. The highest BCUT2D eigenvalue weighted by atomic mass is 19.4. The molecular formula is C10H11F4NO. The van der Waals surface area contributed by atoms with E-state index in [2.05, 4.69) is 4.74 Å². The highest BCUT2D eigenvalue weighted by Crippen LogP contribution is 2.30. The van der Waals surface area contributed by atoms with Crippen LogP contribution in [0.3, 0.4) is 0 Å². The van der Waals surface area contributed by atoms with Gasteiger partial charge in [0.15, 0.2) is 6.10 Å². The molecule has 0 amide bonds. The summed E-state index contributed by atoms with van der Waals surface area (Å²) in [5, 5.41) is 0. The fourth-order valence-electron chi connectivity index (χ4n) is 1.03. The first-order chi connectivity index (χ1) is 7.21. The molecule has 0 fully saturated rings. The van der Waals surface area contributed by atoms with Crippen molar-refractivity contribution < 1.29 is 22.3 Å². The molecule has 1 atom stereocenters. The monoisotopic (exact) mass is 237 g/mol. The van der Waals surface area contributed by atoms with Gasteiger partial charge in [0.25, 0.3) is 0 Å². The Balaban J connectivity index is 2.94. The van der Waals surface area contributed by atoms with Crippen molar-refractivity contribution in [2.45, 2.75) is 26.1 Å². The zero-order chi connectivity index (χ0) is 12.5. The number of rotatable bonds is 2. The molecule has 0 aromatic heterocycles. The Morgan fingerprint density at radius 3 is 2.38 bits per heavy atom. The van der Waals surface area contributed by atoms with E-state index < -0.39 is 18.1 Å². The highest BCUT2D eigenvalue weighted by Gasteiger charge is 2.38. The number of nitrogens with two attached hydrogens (primary N) is 1. The Bertz CT molecular complexity index is 389. The summed E-state index contributed by atoms with van der Waals surface area (Å²) in [6, 6.07) is 2.08. The van der Waals surface area contributed by atoms with Crippen LogP contribution in [0.1, 0.15) is 12.5 Å². The maximum absolute atomic E-state index is 13.0. The van der Waals surface area contributed by atoms with Gasteiger partial charge in [-0.15, -0.1) is 0 Å². The molecule has 16 heavy (non-hydrogen) atoms. The van der Waals surface area contributed by atoms with Gasteiger partial charge in [0.2, 0.25) is 0 Å². The lowest BCUT2D eigenvalue weighted by atomic mass is 10.2. The number of hydrogen-bond donors (Lipinski definition) is 1. The molecule has 0 radical (unpaired) electrons. The van der Waals surface area contributed by atoms with Crippen LogP contribution < -0.4 is 10.5 Å². The Kier molecular flexibility index (Phi) is 3.30. The Hall–Kier alpha value is -1.46. The largest absolute Gasteiger partial charge is 0.479 e. The quantitative estimate of drug-likeness (QED) is 0.633. The second-order valence-corrected chi connectivity index (χ2v) is 3.44. The Morgan fingerprint density at radius 1 is 1.31 bits per heavy atom. The molecule has 0 heterocycles. The van der Waals surface area contributed by atoms with E-state index in [9.17, 15) is 17.6 Å². The van der Waals surface area contributed by atoms with Gasteiger partial charge in [0, 0.05) is 6.07 Å². The van der Waals surface area contributed by atoms with Crippen LogP contribution in [0.4, 0.5) is 23.2 Å². The van der Waals surface area contributed by atoms with Crippen LogP contribution in [0.2, 0.25) is 0 Å². The molecule has 0 aliphatic rings. The highest BCUT2D eigenvalue weighted by molar-refractivity contribution is 5.54. The van der Waals surface area contributed by atoms with Crippen LogP contribution in [-0.2, 0) is 0 Å². The topological polar surface area (TPSA) is 35.2 Å². The van der Waals surface area contributed by atoms with Gasteiger partial charge in [-0.2, -0.15) is 13.2 Å². The van der Waals surface area contributed by atoms with E-state index in [0.717, 1.165) is 19.1 Å². The fourth-order valence-corrected chi connectivity index (χ4v) is 1.03. The van der Waals surface area contributed by atoms with Crippen molar-refractivity contribution in [3.8, 4) is 5.75 Å². The lowest BCUT2D eigenvalue weighted by molar-refractivity contribution is -0.189. The van der Waals surface area contributed by atoms with Gasteiger partial charge >= 0.3 is 6.18 Å². The average Bonchev–Trinajstić information content (AvgIpc) is 2.12. The summed E-state index contributed by atoms with van der Waals surface area (Å²) in [6.07, 6.45) is -6.46. The number of aryl methyl sites for hydroxylation is 1. The average molecular weight is 237 g/mol. The van der Waals surface area contributed by atoms with Gasteiger partial charge < -0.3 is 10.5 Å². The molecule has 1 aromatic carbocycles. The minimum Gasteiger partial charge on any atom is -0.479 e. The zero-order valence-electron chi connectivity index (χ0n) is 8.73. The van der Waals surface area contributed by atoms with Gasteiger partial charge in [-0.05, 0) is 25.5 Å². The van der Waals surface area contributed by atoms with Crippen molar-refractivity contribution in [2.75, 3.05) is 5.73 Å². The number of benzene rings is 1. The maximum Gasteiger partial charge on any atom is 0.425 e. The molecule has 0 aliphatic carbocycles. The van der Waals surface area contributed by atoms with Gasteiger partial charge in [0.05, 0.1) is 5.69 Å². The molecule has 0 saturated heterocycles. The summed E-state index contributed by atoms with van der Waals surface area (Å²) in [4.78, 5) is 0. The van der Waals surface area contributed by atoms with Gasteiger partial charge in [-0.3, -0.25) is 0 Å². The van der Waals surface area contributed by atoms with Gasteiger partial charge in [-0.1, -0.05) is 0 Å². The summed E-state index contributed by atoms with van der Waals surface area (Å²) in [7, 11) is 0. The summed E-state index contributed by atoms with van der Waals surface area (Å²) in [6.45, 7) is 2.28. The molecule has 1 rings (SSSR count). The second kappa shape index (κ2) is 4.19. The first kappa shape index (κ1) is 12.6. The predicted molar refractivity (Wildman–Crippen MR) is 51.7 cm³/mol. The fraction of sp³-hybridized carbons (Fsp3) is 0.400. The van der Waals surface area contributed by atoms with Crippen molar-refractivity contribution >= 4 is 5.69 Å². The number of hydrogen-bond acceptors (Lipinski definition) is 2. The van der Waals surface area contributed by atoms with E-state index in [-0.39, 0.29) is 17.0 Å². The SMILES string of the molecule is Cc1cc(OC(C)C(F)(F)F)c(N)cc1F. The third kappa shape index (κ3) is 2.77. The smallest absolute Gasteiger partial charge is 0.425 e. The van der Waals surface area contributed by atoms with Crippen LogP contribution in [0.25, 0.3) is 0 Å². The number of alkyl halides is 3. The molecule has 0 saturated carbocycles. The predicted octanol–water partition coefficient (Wildman–Crippen LogP) is 3.05. The summed E-state index contributed by atoms with van der Waals surface area (Å²) < 4.78 is 54.2. The van der Waals surface area contributed by atoms with Gasteiger partial charge in [0.1, 0.15) is 11.6 Å². The summed E-state index contributed by atoms with van der Waals surface area (Å²) >= 11 is 0. The van der Waals surface area contributed by atoms with E-state index >= 15 is 0 Å². The van der Waals surface area contributed by atoms with Crippen molar-refractivity contribution in [3.05, 3.63) is 23.5 Å². The van der Waals surface area contributed by atoms with Crippen LogP contribution in [-0.4, -0.2) is 12.3 Å². The molecule has 1 unspecified atom stereocenters. The molecule has 0 bridgehead atoms. The third-order valence-electron chi connectivity index (χ3n) is 2.06. The van der Waals surface area contributed by atoms with Crippen molar-refractivity contribution in [2.24, 2.45) is 0 Å². The minimum absolute atomic E-state index is 0.154. The summed E-state index contributed by atoms with van der Waals surface area (Å²) in [5.74, 6) is -0.742. The van der Waals surface area contributed by atoms with E-state index in [0.29, 0.717) is 0 Å². The lowest BCUT2D eigenvalue weighted by Crippen LogP contribution is -2.31. The molecular weight excluding hydrogens is 226 g/mol. The number of halogens is 4. The Morgan fingerprint density at radius 2 is 1.88 bits per heavy atom. The molecule has 2 N–H and O–H groups in total. The maximum atomic E-state index is 13.0. The van der Waals surface area contributed by atoms with Crippen LogP contribution in [0, 0.1) is 12.7 Å². The lowest BCUT2D eigenvalue weighted by Gasteiger charge is -2.19. The molecule has 0 aliphatic heterocycles. The second-order valence-electron chi connectivity index (χ2n) is 3.44. The third-order valence-corrected chi connectivity index (χ3v) is 2.06.